The van der Waals surface area contributed by atoms with Gasteiger partial charge in [0.1, 0.15) is 11.3 Å². The van der Waals surface area contributed by atoms with Gasteiger partial charge < -0.3 is 10.1 Å². The number of nitro groups is 1. The van der Waals surface area contributed by atoms with Crippen LogP contribution in [0.25, 0.3) is 0 Å². The van der Waals surface area contributed by atoms with Crippen LogP contribution in [0.1, 0.15) is 10.4 Å². The highest BCUT2D eigenvalue weighted by Crippen LogP contribution is 2.25. The fourth-order valence-corrected chi connectivity index (χ4v) is 2.01. The average molecular weight is 375 g/mol. The number of benzene rings is 2. The minimum Gasteiger partial charge on any atom is -0.484 e. The number of alkyl halides is 3. The maximum atomic E-state index is 12.2. The van der Waals surface area contributed by atoms with E-state index < -0.39 is 29.3 Å². The topological polar surface area (TPSA) is 81.5 Å². The van der Waals surface area contributed by atoms with Gasteiger partial charge in [0, 0.05) is 16.8 Å². The van der Waals surface area contributed by atoms with E-state index in [1.54, 1.807) is 0 Å². The molecule has 0 aromatic heterocycles. The van der Waals surface area contributed by atoms with Crippen molar-refractivity contribution >= 4 is 28.9 Å². The molecule has 0 aliphatic heterocycles. The molecule has 0 heterocycles. The van der Waals surface area contributed by atoms with Gasteiger partial charge in [-0.2, -0.15) is 13.2 Å². The molecule has 1 amide bonds. The molecular formula is C15H10ClF3N2O4. The lowest BCUT2D eigenvalue weighted by atomic mass is 10.1. The van der Waals surface area contributed by atoms with Crippen LogP contribution in [0.5, 0.6) is 5.75 Å². The van der Waals surface area contributed by atoms with Crippen LogP contribution in [-0.4, -0.2) is 23.6 Å². The predicted molar refractivity (Wildman–Crippen MR) is 84.1 cm³/mol. The van der Waals surface area contributed by atoms with Gasteiger partial charge in [-0.15, -0.1) is 0 Å². The number of hydrogen-bond donors (Lipinski definition) is 1. The molecule has 1 N–H and O–H groups in total. The Balaban J connectivity index is 2.10. The Morgan fingerprint density at radius 2 is 1.84 bits per heavy atom. The molecule has 0 spiro atoms. The van der Waals surface area contributed by atoms with Crippen molar-refractivity contribution in [3.05, 3.63) is 63.2 Å². The molecule has 2 rings (SSSR count). The van der Waals surface area contributed by atoms with E-state index in [1.807, 2.05) is 0 Å². The summed E-state index contributed by atoms with van der Waals surface area (Å²) in [5.74, 6) is -0.792. The zero-order chi connectivity index (χ0) is 18.6. The summed E-state index contributed by atoms with van der Waals surface area (Å²) in [6.07, 6.45) is -4.46. The van der Waals surface area contributed by atoms with Crippen LogP contribution in [-0.2, 0) is 0 Å². The van der Waals surface area contributed by atoms with E-state index in [-0.39, 0.29) is 22.0 Å². The van der Waals surface area contributed by atoms with Gasteiger partial charge in [0.25, 0.3) is 11.6 Å². The lowest BCUT2D eigenvalue weighted by Crippen LogP contribution is -2.19. The Bertz CT molecular complexity index is 794. The molecule has 0 fully saturated rings. The minimum absolute atomic E-state index is 0.0344. The van der Waals surface area contributed by atoms with E-state index in [0.717, 1.165) is 6.07 Å². The maximum absolute atomic E-state index is 12.2. The number of halogens is 4. The molecule has 25 heavy (non-hydrogen) atoms. The summed E-state index contributed by atoms with van der Waals surface area (Å²) in [6, 6.07) is 8.67. The van der Waals surface area contributed by atoms with Crippen LogP contribution >= 0.6 is 11.6 Å². The number of carbonyl (C=O) groups is 1. The molecule has 6 nitrogen and oxygen atoms in total. The SMILES string of the molecule is O=C(Nc1ccc(OCC(F)(F)F)cc1)c1ccc(Cl)cc1[N+](=O)[O-]. The van der Waals surface area contributed by atoms with Crippen LogP contribution in [0.3, 0.4) is 0 Å². The molecule has 0 bridgehead atoms. The van der Waals surface area contributed by atoms with Gasteiger partial charge in [0.2, 0.25) is 0 Å². The van der Waals surface area contributed by atoms with Crippen molar-refractivity contribution in [2.24, 2.45) is 0 Å². The number of amides is 1. The molecule has 2 aromatic rings. The first-order valence-corrected chi connectivity index (χ1v) is 7.08. The summed E-state index contributed by atoms with van der Waals surface area (Å²) in [5.41, 5.74) is -0.435. The third-order valence-electron chi connectivity index (χ3n) is 2.92. The van der Waals surface area contributed by atoms with Gasteiger partial charge in [-0.05, 0) is 36.4 Å². The third kappa shape index (κ3) is 5.35. The molecular weight excluding hydrogens is 365 g/mol. The molecule has 0 unspecified atom stereocenters. The molecule has 0 atom stereocenters. The molecule has 0 radical (unpaired) electrons. The van der Waals surface area contributed by atoms with Crippen molar-refractivity contribution in [1.29, 1.82) is 0 Å². The first kappa shape index (κ1) is 18.5. The predicted octanol–water partition coefficient (Wildman–Crippen LogP) is 4.44. The largest absolute Gasteiger partial charge is 0.484 e. The smallest absolute Gasteiger partial charge is 0.422 e. The first-order valence-electron chi connectivity index (χ1n) is 6.70. The minimum atomic E-state index is -4.46. The summed E-state index contributed by atoms with van der Waals surface area (Å²) in [7, 11) is 0. The van der Waals surface area contributed by atoms with Gasteiger partial charge in [-0.3, -0.25) is 14.9 Å². The Morgan fingerprint density at radius 1 is 1.20 bits per heavy atom. The van der Waals surface area contributed by atoms with E-state index in [1.165, 1.54) is 36.4 Å². The van der Waals surface area contributed by atoms with E-state index in [4.69, 9.17) is 11.6 Å². The fourth-order valence-electron chi connectivity index (χ4n) is 1.85. The Morgan fingerprint density at radius 3 is 2.40 bits per heavy atom. The van der Waals surface area contributed by atoms with E-state index >= 15 is 0 Å². The van der Waals surface area contributed by atoms with Gasteiger partial charge in [0.15, 0.2) is 6.61 Å². The quantitative estimate of drug-likeness (QED) is 0.619. The normalized spacial score (nSPS) is 11.0. The average Bonchev–Trinajstić information content (AvgIpc) is 2.53. The van der Waals surface area contributed by atoms with E-state index in [2.05, 4.69) is 10.1 Å². The van der Waals surface area contributed by atoms with Crippen LogP contribution in [0.15, 0.2) is 42.5 Å². The molecule has 0 aliphatic rings. The second-order valence-corrected chi connectivity index (χ2v) is 5.24. The van der Waals surface area contributed by atoms with Crippen molar-refractivity contribution in [1.82, 2.24) is 0 Å². The standard InChI is InChI=1S/C15H10ClF3N2O4/c16-9-1-6-12(13(7-9)21(23)24)14(22)20-10-2-4-11(5-3-10)25-8-15(17,18)19/h1-7H,8H2,(H,20,22). The number of rotatable bonds is 5. The highest BCUT2D eigenvalue weighted by molar-refractivity contribution is 6.31. The number of ether oxygens (including phenoxy) is 1. The summed E-state index contributed by atoms with van der Waals surface area (Å²) in [6.45, 7) is -1.43. The Hall–Kier alpha value is -2.81. The highest BCUT2D eigenvalue weighted by atomic mass is 35.5. The molecule has 0 aliphatic carbocycles. The molecule has 10 heteroatoms. The van der Waals surface area contributed by atoms with Crippen molar-refractivity contribution in [3.8, 4) is 5.75 Å². The number of nitro benzene ring substituents is 1. The van der Waals surface area contributed by atoms with Crippen molar-refractivity contribution < 1.29 is 27.6 Å². The van der Waals surface area contributed by atoms with Crippen molar-refractivity contribution in [3.63, 3.8) is 0 Å². The molecule has 0 saturated carbocycles. The van der Waals surface area contributed by atoms with E-state index in [0.29, 0.717) is 0 Å². The van der Waals surface area contributed by atoms with Crippen molar-refractivity contribution in [2.75, 3.05) is 11.9 Å². The number of nitrogens with one attached hydrogen (secondary N) is 1. The summed E-state index contributed by atoms with van der Waals surface area (Å²) in [5, 5.41) is 13.5. The number of carbonyl (C=O) groups excluding carboxylic acids is 1. The van der Waals surface area contributed by atoms with Gasteiger partial charge in [-0.1, -0.05) is 11.6 Å². The third-order valence-corrected chi connectivity index (χ3v) is 3.15. The summed E-state index contributed by atoms with van der Waals surface area (Å²) >= 11 is 5.67. The Kier molecular flexibility index (Phi) is 5.48. The highest BCUT2D eigenvalue weighted by Gasteiger charge is 2.28. The van der Waals surface area contributed by atoms with Gasteiger partial charge >= 0.3 is 6.18 Å². The maximum Gasteiger partial charge on any atom is 0.422 e. The zero-order valence-electron chi connectivity index (χ0n) is 12.3. The lowest BCUT2D eigenvalue weighted by molar-refractivity contribution is -0.385. The number of anilines is 1. The van der Waals surface area contributed by atoms with Crippen LogP contribution in [0, 0.1) is 10.1 Å². The van der Waals surface area contributed by atoms with Crippen molar-refractivity contribution in [2.45, 2.75) is 6.18 Å². The first-order chi connectivity index (χ1) is 11.7. The second kappa shape index (κ2) is 7.39. The summed E-state index contributed by atoms with van der Waals surface area (Å²) in [4.78, 5) is 22.4. The van der Waals surface area contributed by atoms with E-state index in [9.17, 15) is 28.1 Å². The number of nitrogens with zero attached hydrogens (tertiary/aromatic N) is 1. The second-order valence-electron chi connectivity index (χ2n) is 4.80. The zero-order valence-corrected chi connectivity index (χ0v) is 13.1. The monoisotopic (exact) mass is 374 g/mol. The van der Waals surface area contributed by atoms with Gasteiger partial charge in [-0.25, -0.2) is 0 Å². The lowest BCUT2D eigenvalue weighted by Gasteiger charge is -2.10. The molecule has 2 aromatic carbocycles. The van der Waals surface area contributed by atoms with Gasteiger partial charge in [0.05, 0.1) is 4.92 Å². The molecule has 0 saturated heterocycles. The van der Waals surface area contributed by atoms with Crippen LogP contribution < -0.4 is 10.1 Å². The molecule has 132 valence electrons. The fraction of sp³-hybridized carbons (Fsp3) is 0.133. The Labute approximate surface area is 144 Å². The number of hydrogen-bond acceptors (Lipinski definition) is 4. The van der Waals surface area contributed by atoms with Crippen LogP contribution in [0.2, 0.25) is 5.02 Å². The summed E-state index contributed by atoms with van der Waals surface area (Å²) < 4.78 is 40.7. The van der Waals surface area contributed by atoms with Crippen LogP contribution in [0.4, 0.5) is 24.5 Å².